The number of carbonyl (C=O) groups is 2. The molecular formula is C19H20N6O3S. The van der Waals surface area contributed by atoms with Crippen molar-refractivity contribution in [2.45, 2.75) is 20.3 Å². The number of hydrogen-bond donors (Lipinski definition) is 2. The van der Waals surface area contributed by atoms with Crippen LogP contribution in [0.1, 0.15) is 18.4 Å². The number of hydrogen-bond acceptors (Lipinski definition) is 7. The van der Waals surface area contributed by atoms with E-state index in [0.29, 0.717) is 17.6 Å². The first-order valence-corrected chi connectivity index (χ1v) is 10.0. The van der Waals surface area contributed by atoms with Crippen LogP contribution in [-0.2, 0) is 9.59 Å². The van der Waals surface area contributed by atoms with Crippen LogP contribution in [0.3, 0.4) is 0 Å². The highest BCUT2D eigenvalue weighted by Crippen LogP contribution is 2.28. The molecule has 1 aliphatic rings. The van der Waals surface area contributed by atoms with Gasteiger partial charge in [0.25, 0.3) is 0 Å². The Morgan fingerprint density at radius 1 is 1.34 bits per heavy atom. The topological polar surface area (TPSA) is 113 Å². The van der Waals surface area contributed by atoms with E-state index in [9.17, 15) is 9.59 Å². The highest BCUT2D eigenvalue weighted by Gasteiger charge is 2.36. The first kappa shape index (κ1) is 19.1. The van der Waals surface area contributed by atoms with Crippen molar-refractivity contribution < 1.29 is 14.3 Å². The Hall–Kier alpha value is -3.27. The molecule has 0 saturated carbocycles. The Labute approximate surface area is 171 Å². The summed E-state index contributed by atoms with van der Waals surface area (Å²) in [6.07, 6.45) is 0.140. The van der Waals surface area contributed by atoms with E-state index in [2.05, 4.69) is 25.7 Å². The fourth-order valence-corrected chi connectivity index (χ4v) is 3.84. The third-order valence-corrected chi connectivity index (χ3v) is 5.41. The number of aromatic amines is 1. The van der Waals surface area contributed by atoms with Gasteiger partial charge in [0, 0.05) is 19.0 Å². The van der Waals surface area contributed by atoms with E-state index < -0.39 is 5.92 Å². The number of nitrogens with one attached hydrogen (secondary N) is 2. The van der Waals surface area contributed by atoms with Gasteiger partial charge in [-0.3, -0.25) is 19.6 Å². The molecule has 2 amide bonds. The third-order valence-electron chi connectivity index (χ3n) is 4.55. The summed E-state index contributed by atoms with van der Waals surface area (Å²) in [5.74, 6) is 0.379. The molecule has 0 spiro atoms. The number of nitrogens with zero attached hydrogens (tertiary/aromatic N) is 4. The standard InChI is InChI=1S/C19H20N6O3S/c1-3-28-14-6-4-12(5-7-14)15-9-16(23-22-15)20-18(27)13-8-17(26)25(10-13)19-24-21-11(2)29-19/h4-7,9,13H,3,8,10H2,1-2H3,(H2,20,22,23,27). The number of rotatable bonds is 6. The summed E-state index contributed by atoms with van der Waals surface area (Å²) in [7, 11) is 0. The van der Waals surface area contributed by atoms with Crippen molar-refractivity contribution in [2.75, 3.05) is 23.4 Å². The number of aryl methyl sites for hydroxylation is 1. The number of carbonyl (C=O) groups excluding carboxylic acids is 2. The van der Waals surface area contributed by atoms with Gasteiger partial charge in [0.2, 0.25) is 16.9 Å². The van der Waals surface area contributed by atoms with Crippen LogP contribution in [-0.4, -0.2) is 45.4 Å². The molecule has 2 aromatic heterocycles. The van der Waals surface area contributed by atoms with Gasteiger partial charge in [-0.2, -0.15) is 5.10 Å². The lowest BCUT2D eigenvalue weighted by Crippen LogP contribution is -2.28. The molecule has 2 N–H and O–H groups in total. The van der Waals surface area contributed by atoms with E-state index in [0.717, 1.165) is 22.0 Å². The van der Waals surface area contributed by atoms with E-state index in [1.54, 1.807) is 6.07 Å². The quantitative estimate of drug-likeness (QED) is 0.643. The van der Waals surface area contributed by atoms with Crippen molar-refractivity contribution >= 4 is 34.1 Å². The van der Waals surface area contributed by atoms with Crippen LogP contribution in [0.4, 0.5) is 10.9 Å². The van der Waals surface area contributed by atoms with Crippen molar-refractivity contribution in [1.82, 2.24) is 20.4 Å². The molecule has 0 radical (unpaired) electrons. The van der Waals surface area contributed by atoms with Crippen LogP contribution in [0.2, 0.25) is 0 Å². The van der Waals surface area contributed by atoms with Crippen molar-refractivity contribution in [3.05, 3.63) is 35.3 Å². The lowest BCUT2D eigenvalue weighted by molar-refractivity contribution is -0.122. The zero-order valence-corrected chi connectivity index (χ0v) is 16.8. The van der Waals surface area contributed by atoms with Gasteiger partial charge < -0.3 is 10.1 Å². The molecule has 1 aromatic carbocycles. The minimum absolute atomic E-state index is 0.126. The average molecular weight is 412 g/mol. The molecule has 1 aliphatic heterocycles. The van der Waals surface area contributed by atoms with Gasteiger partial charge in [-0.1, -0.05) is 11.3 Å². The molecular weight excluding hydrogens is 392 g/mol. The molecule has 4 rings (SSSR count). The maximum absolute atomic E-state index is 12.6. The fourth-order valence-electron chi connectivity index (χ4n) is 3.12. The molecule has 1 unspecified atom stereocenters. The van der Waals surface area contributed by atoms with E-state index in [1.807, 2.05) is 38.1 Å². The Bertz CT molecular complexity index is 1030. The van der Waals surface area contributed by atoms with E-state index in [4.69, 9.17) is 4.74 Å². The Kier molecular flexibility index (Phi) is 5.26. The zero-order valence-electron chi connectivity index (χ0n) is 16.0. The van der Waals surface area contributed by atoms with Crippen LogP contribution in [0, 0.1) is 12.8 Å². The van der Waals surface area contributed by atoms with Crippen LogP contribution < -0.4 is 15.0 Å². The summed E-state index contributed by atoms with van der Waals surface area (Å²) in [5.41, 5.74) is 1.70. The second-order valence-electron chi connectivity index (χ2n) is 6.62. The highest BCUT2D eigenvalue weighted by atomic mass is 32.1. The van der Waals surface area contributed by atoms with Gasteiger partial charge >= 0.3 is 0 Å². The van der Waals surface area contributed by atoms with Gasteiger partial charge in [0.1, 0.15) is 10.8 Å². The van der Waals surface area contributed by atoms with E-state index in [1.165, 1.54) is 16.2 Å². The summed E-state index contributed by atoms with van der Waals surface area (Å²) in [6.45, 7) is 4.66. The van der Waals surface area contributed by atoms with Gasteiger partial charge in [-0.25, -0.2) is 0 Å². The maximum atomic E-state index is 12.6. The van der Waals surface area contributed by atoms with Gasteiger partial charge in [-0.05, 0) is 43.7 Å². The lowest BCUT2D eigenvalue weighted by atomic mass is 10.1. The molecule has 150 valence electrons. The summed E-state index contributed by atoms with van der Waals surface area (Å²) in [4.78, 5) is 26.4. The predicted octanol–water partition coefficient (Wildman–Crippen LogP) is 2.63. The van der Waals surface area contributed by atoms with E-state index in [-0.39, 0.29) is 24.8 Å². The maximum Gasteiger partial charge on any atom is 0.231 e. The second kappa shape index (κ2) is 8.00. The van der Waals surface area contributed by atoms with Crippen LogP contribution in [0.25, 0.3) is 11.3 Å². The largest absolute Gasteiger partial charge is 0.494 e. The molecule has 29 heavy (non-hydrogen) atoms. The number of aromatic nitrogens is 4. The molecule has 9 nitrogen and oxygen atoms in total. The monoisotopic (exact) mass is 412 g/mol. The van der Waals surface area contributed by atoms with Crippen LogP contribution >= 0.6 is 11.3 Å². The SMILES string of the molecule is CCOc1ccc(-c2cc(NC(=O)C3CC(=O)N(c4nnc(C)s4)C3)n[nH]2)cc1. The fraction of sp³-hybridized carbons (Fsp3) is 0.316. The number of amides is 2. The number of benzene rings is 1. The van der Waals surface area contributed by atoms with Crippen LogP contribution in [0.5, 0.6) is 5.75 Å². The molecule has 3 heterocycles. The normalized spacial score (nSPS) is 16.3. The highest BCUT2D eigenvalue weighted by molar-refractivity contribution is 7.15. The molecule has 1 atom stereocenters. The Morgan fingerprint density at radius 3 is 2.83 bits per heavy atom. The summed E-state index contributed by atoms with van der Waals surface area (Å²) >= 11 is 1.34. The van der Waals surface area contributed by atoms with Crippen LogP contribution in [0.15, 0.2) is 30.3 Å². The summed E-state index contributed by atoms with van der Waals surface area (Å²) in [6, 6.07) is 9.36. The Morgan fingerprint density at radius 2 is 2.14 bits per heavy atom. The zero-order chi connectivity index (χ0) is 20.4. The minimum atomic E-state index is -0.461. The first-order valence-electron chi connectivity index (χ1n) is 9.23. The molecule has 3 aromatic rings. The third kappa shape index (κ3) is 4.11. The van der Waals surface area contributed by atoms with Crippen molar-refractivity contribution in [3.63, 3.8) is 0 Å². The average Bonchev–Trinajstić information content (AvgIpc) is 3.43. The number of H-pyrrole nitrogens is 1. The molecule has 1 fully saturated rings. The van der Waals surface area contributed by atoms with E-state index >= 15 is 0 Å². The molecule has 0 aliphatic carbocycles. The molecule has 0 bridgehead atoms. The smallest absolute Gasteiger partial charge is 0.231 e. The summed E-state index contributed by atoms with van der Waals surface area (Å²) < 4.78 is 5.44. The minimum Gasteiger partial charge on any atom is -0.494 e. The number of ether oxygens (including phenoxy) is 1. The number of anilines is 2. The molecule has 10 heteroatoms. The van der Waals surface area contributed by atoms with Gasteiger partial charge in [0.05, 0.1) is 18.2 Å². The lowest BCUT2D eigenvalue weighted by Gasteiger charge is -2.11. The van der Waals surface area contributed by atoms with Gasteiger partial charge in [0.15, 0.2) is 5.82 Å². The van der Waals surface area contributed by atoms with Crippen molar-refractivity contribution in [3.8, 4) is 17.0 Å². The van der Waals surface area contributed by atoms with Crippen molar-refractivity contribution in [2.24, 2.45) is 5.92 Å². The van der Waals surface area contributed by atoms with Gasteiger partial charge in [-0.15, -0.1) is 10.2 Å². The summed E-state index contributed by atoms with van der Waals surface area (Å²) in [5, 5.41) is 19.1. The predicted molar refractivity (Wildman–Crippen MR) is 109 cm³/mol. The second-order valence-corrected chi connectivity index (χ2v) is 7.78. The Balaban J connectivity index is 1.40. The molecule has 1 saturated heterocycles. The van der Waals surface area contributed by atoms with Crippen molar-refractivity contribution in [1.29, 1.82) is 0 Å². The first-order chi connectivity index (χ1) is 14.0.